The molecule has 0 amide bonds. The van der Waals surface area contributed by atoms with Crippen LogP contribution in [0.1, 0.15) is 11.4 Å². The molecular weight excluding hydrogens is 209 g/mol. The molecule has 14 heavy (non-hydrogen) atoms. The van der Waals surface area contributed by atoms with E-state index < -0.39 is 7.82 Å². The molecule has 0 aliphatic carbocycles. The van der Waals surface area contributed by atoms with Gasteiger partial charge in [0.2, 0.25) is 0 Å². The van der Waals surface area contributed by atoms with Gasteiger partial charge in [-0.15, -0.1) is 0 Å². The molecule has 0 bridgehead atoms. The standard InChI is InChI=1S/C6H10N3O4P/c1-4-3-5(2)9(6(7)8-4)13-14(10,11)12/h3,7H,1-2H3,(H2,10,11,12)/p+1. The van der Waals surface area contributed by atoms with Crippen molar-refractivity contribution < 1.29 is 23.7 Å². The topological polar surface area (TPSA) is 110 Å². The van der Waals surface area contributed by atoms with Crippen molar-refractivity contribution in [3.8, 4) is 0 Å². The molecule has 7 nitrogen and oxygen atoms in total. The van der Waals surface area contributed by atoms with Crippen molar-refractivity contribution in [2.45, 2.75) is 13.8 Å². The molecule has 1 aromatic rings. The Morgan fingerprint density at radius 1 is 1.57 bits per heavy atom. The van der Waals surface area contributed by atoms with Crippen LogP contribution < -0.4 is 15.1 Å². The molecule has 4 N–H and O–H groups in total. The summed E-state index contributed by atoms with van der Waals surface area (Å²) in [7, 11) is -4.61. The van der Waals surface area contributed by atoms with E-state index in [2.05, 4.69) is 9.61 Å². The van der Waals surface area contributed by atoms with Crippen molar-refractivity contribution in [3.05, 3.63) is 17.5 Å². The molecule has 1 rings (SSSR count). The summed E-state index contributed by atoms with van der Waals surface area (Å²) in [6, 6.07) is 1.59. The molecule has 0 aliphatic heterocycles. The second-order valence-electron chi connectivity index (χ2n) is 2.76. The smallest absolute Gasteiger partial charge is 0.291 e. The van der Waals surface area contributed by atoms with Gasteiger partial charge in [0.05, 0.1) is 0 Å². The zero-order chi connectivity index (χ0) is 10.9. The minimum Gasteiger partial charge on any atom is -0.291 e. The summed E-state index contributed by atoms with van der Waals surface area (Å²) in [4.78, 5) is 20.9. The first-order chi connectivity index (χ1) is 6.29. The van der Waals surface area contributed by atoms with Crippen LogP contribution in [0.4, 0.5) is 5.95 Å². The van der Waals surface area contributed by atoms with Gasteiger partial charge in [-0.1, -0.05) is 4.98 Å². The van der Waals surface area contributed by atoms with Gasteiger partial charge in [-0.3, -0.25) is 15.5 Å². The number of rotatable bonds is 2. The van der Waals surface area contributed by atoms with Crippen LogP contribution in [0.25, 0.3) is 0 Å². The fourth-order valence-electron chi connectivity index (χ4n) is 1.01. The summed E-state index contributed by atoms with van der Waals surface area (Å²) in [5, 5.41) is 0. The Balaban J connectivity index is 3.15. The van der Waals surface area contributed by atoms with Gasteiger partial charge < -0.3 is 0 Å². The largest absolute Gasteiger partial charge is 0.555 e. The lowest BCUT2D eigenvalue weighted by atomic mass is 10.4. The molecule has 0 saturated carbocycles. The Kier molecular flexibility index (Phi) is 2.75. The van der Waals surface area contributed by atoms with E-state index in [1.54, 1.807) is 19.9 Å². The van der Waals surface area contributed by atoms with Crippen LogP contribution in [-0.2, 0) is 4.57 Å². The second kappa shape index (κ2) is 3.53. The maximum absolute atomic E-state index is 10.6. The van der Waals surface area contributed by atoms with Crippen molar-refractivity contribution in [3.63, 3.8) is 0 Å². The fourth-order valence-corrected chi connectivity index (χ4v) is 1.44. The number of hydrogen-bond acceptors (Lipinski definition) is 4. The second-order valence-corrected chi connectivity index (χ2v) is 3.91. The van der Waals surface area contributed by atoms with E-state index in [1.165, 1.54) is 0 Å². The minimum atomic E-state index is -4.61. The molecule has 78 valence electrons. The third-order valence-corrected chi connectivity index (χ3v) is 1.80. The highest BCUT2D eigenvalue weighted by Crippen LogP contribution is 2.29. The summed E-state index contributed by atoms with van der Waals surface area (Å²) in [5.41, 5.74) is 6.51. The molecule has 0 atom stereocenters. The van der Waals surface area contributed by atoms with Crippen LogP contribution in [0, 0.1) is 13.8 Å². The van der Waals surface area contributed by atoms with Gasteiger partial charge >= 0.3 is 13.8 Å². The number of aromatic nitrogens is 2. The average Bonchev–Trinajstić information content (AvgIpc) is 1.95. The number of hydrogen-bond donors (Lipinski definition) is 3. The van der Waals surface area contributed by atoms with E-state index in [0.717, 1.165) is 4.73 Å². The highest BCUT2D eigenvalue weighted by Gasteiger charge is 2.23. The third-order valence-electron chi connectivity index (χ3n) is 1.43. The molecule has 0 radical (unpaired) electrons. The van der Waals surface area contributed by atoms with Crippen LogP contribution in [-0.4, -0.2) is 14.8 Å². The highest BCUT2D eigenvalue weighted by molar-refractivity contribution is 7.46. The molecule has 1 heterocycles. The van der Waals surface area contributed by atoms with E-state index >= 15 is 0 Å². The summed E-state index contributed by atoms with van der Waals surface area (Å²) in [6.07, 6.45) is 0. The number of nitrogens with zero attached hydrogens (tertiary/aromatic N) is 2. The van der Waals surface area contributed by atoms with Crippen LogP contribution in [0.5, 0.6) is 0 Å². The van der Waals surface area contributed by atoms with E-state index in [1.807, 2.05) is 0 Å². The third kappa shape index (κ3) is 2.66. The first-order valence-corrected chi connectivity index (χ1v) is 5.24. The van der Waals surface area contributed by atoms with Crippen molar-refractivity contribution in [1.29, 1.82) is 0 Å². The summed E-state index contributed by atoms with van der Waals surface area (Å²) >= 11 is 0. The predicted octanol–water partition coefficient (Wildman–Crippen LogP) is -0.911. The van der Waals surface area contributed by atoms with Gasteiger partial charge in [-0.2, -0.15) is 0 Å². The van der Waals surface area contributed by atoms with Crippen molar-refractivity contribution in [2.24, 2.45) is 0 Å². The highest BCUT2D eigenvalue weighted by atomic mass is 31.2. The zero-order valence-electron chi connectivity index (χ0n) is 7.71. The summed E-state index contributed by atoms with van der Waals surface area (Å²) < 4.78 is 15.7. The number of nitrogen functional groups attached to an aromatic ring is 1. The van der Waals surface area contributed by atoms with Gasteiger partial charge in [0, 0.05) is 6.07 Å². The Morgan fingerprint density at radius 3 is 2.57 bits per heavy atom. The quantitative estimate of drug-likeness (QED) is 0.439. The lowest BCUT2D eigenvalue weighted by molar-refractivity contribution is -0.855. The molecule has 0 saturated heterocycles. The Labute approximate surface area is 80.4 Å². The molecule has 0 spiro atoms. The minimum absolute atomic E-state index is 0.106. The van der Waals surface area contributed by atoms with Crippen LogP contribution in [0.2, 0.25) is 0 Å². The molecule has 0 aliphatic rings. The van der Waals surface area contributed by atoms with Crippen LogP contribution in [0.3, 0.4) is 0 Å². The van der Waals surface area contributed by atoms with E-state index in [4.69, 9.17) is 15.5 Å². The maximum Gasteiger partial charge on any atom is 0.555 e. The molecular formula is C6H11N3O4P+. The SMILES string of the molecule is Cc1cc(C)[n+](OP(=O)(O)O)c(N)n1. The Bertz CT molecular complexity index is 379. The molecule has 0 aromatic carbocycles. The number of phosphoric acid groups is 1. The first-order valence-electron chi connectivity index (χ1n) is 3.71. The monoisotopic (exact) mass is 220 g/mol. The number of anilines is 1. The van der Waals surface area contributed by atoms with Gasteiger partial charge in [0.1, 0.15) is 11.4 Å². The van der Waals surface area contributed by atoms with E-state index in [-0.39, 0.29) is 5.95 Å². The van der Waals surface area contributed by atoms with Crippen molar-refractivity contribution >= 4 is 13.8 Å². The average molecular weight is 220 g/mol. The first kappa shape index (κ1) is 10.9. The molecule has 0 fully saturated rings. The summed E-state index contributed by atoms with van der Waals surface area (Å²) in [6.45, 7) is 3.31. The Morgan fingerprint density at radius 2 is 2.14 bits per heavy atom. The molecule has 8 heteroatoms. The van der Waals surface area contributed by atoms with Crippen molar-refractivity contribution in [2.75, 3.05) is 5.73 Å². The van der Waals surface area contributed by atoms with Crippen LogP contribution >= 0.6 is 7.82 Å². The maximum atomic E-state index is 10.6. The molecule has 0 unspecified atom stereocenters. The predicted molar refractivity (Wildman–Crippen MR) is 46.9 cm³/mol. The summed E-state index contributed by atoms with van der Waals surface area (Å²) in [5.74, 6) is -0.106. The lowest BCUT2D eigenvalue weighted by Gasteiger charge is -2.07. The number of nitrogens with two attached hydrogens (primary N) is 1. The normalized spacial score (nSPS) is 11.4. The number of aryl methyl sites for hydroxylation is 2. The van der Waals surface area contributed by atoms with Crippen molar-refractivity contribution in [1.82, 2.24) is 4.98 Å². The van der Waals surface area contributed by atoms with E-state index in [9.17, 15) is 4.57 Å². The fraction of sp³-hybridized carbons (Fsp3) is 0.333. The van der Waals surface area contributed by atoms with Crippen LogP contribution in [0.15, 0.2) is 6.07 Å². The Hall–Kier alpha value is -1.17. The van der Waals surface area contributed by atoms with Gasteiger partial charge in [0.15, 0.2) is 0 Å². The molecule has 1 aromatic heterocycles. The van der Waals surface area contributed by atoms with Gasteiger partial charge in [0.25, 0.3) is 0 Å². The van der Waals surface area contributed by atoms with Gasteiger partial charge in [-0.05, 0) is 18.6 Å². The zero-order valence-corrected chi connectivity index (χ0v) is 8.60. The van der Waals surface area contributed by atoms with Gasteiger partial charge in [-0.25, -0.2) is 9.19 Å². The van der Waals surface area contributed by atoms with E-state index in [0.29, 0.717) is 11.4 Å². The lowest BCUT2D eigenvalue weighted by Crippen LogP contribution is -2.47.